The number of aromatic amines is 2. The van der Waals surface area contributed by atoms with E-state index in [2.05, 4.69) is 63.1 Å². The lowest BCUT2D eigenvalue weighted by atomic mass is 9.63. The number of carbonyl (C=O) groups is 4. The number of rotatable bonds is 9. The van der Waals surface area contributed by atoms with Crippen LogP contribution in [-0.4, -0.2) is 93.1 Å². The normalized spacial score (nSPS) is 23.3. The molecule has 3 aromatic carbocycles. The summed E-state index contributed by atoms with van der Waals surface area (Å²) < 4.78 is 9.50. The molecule has 12 rings (SSSR count). The van der Waals surface area contributed by atoms with Crippen LogP contribution >= 0.6 is 0 Å². The second-order valence-corrected chi connectivity index (χ2v) is 20.3. The number of hydrogen-bond donors (Lipinski definition) is 4. The fourth-order valence-electron chi connectivity index (χ4n) is 13.3. The van der Waals surface area contributed by atoms with E-state index in [9.17, 15) is 19.2 Å². The quantitative estimate of drug-likeness (QED) is 0.113. The number of likely N-dealkylation sites (tertiary alicyclic amines) is 2. The van der Waals surface area contributed by atoms with Crippen molar-refractivity contribution in [2.24, 2.45) is 5.41 Å². The molecule has 4 N–H and O–H groups in total. The van der Waals surface area contributed by atoms with Gasteiger partial charge in [-0.3, -0.25) is 9.59 Å². The zero-order valence-corrected chi connectivity index (χ0v) is 39.1. The Hall–Kier alpha value is -6.18. The highest BCUT2D eigenvalue weighted by Gasteiger charge is 2.44. The van der Waals surface area contributed by atoms with Gasteiger partial charge in [-0.1, -0.05) is 43.2 Å². The zero-order valence-electron chi connectivity index (χ0n) is 39.1. The number of ether oxygens (including phenoxy) is 2. The third-order valence-electron chi connectivity index (χ3n) is 16.5. The Kier molecular flexibility index (Phi) is 11.1. The van der Waals surface area contributed by atoms with Crippen LogP contribution in [0.1, 0.15) is 149 Å². The molecule has 2 bridgehead atoms. The van der Waals surface area contributed by atoms with E-state index in [0.29, 0.717) is 24.9 Å². The molecule has 5 aromatic rings. The van der Waals surface area contributed by atoms with E-state index >= 15 is 0 Å². The smallest absolute Gasteiger partial charge is 0.407 e. The summed E-state index contributed by atoms with van der Waals surface area (Å²) in [6.07, 6.45) is 16.2. The number of fused-ring (bicyclic) bond motifs is 4. The molecule has 0 unspecified atom stereocenters. The van der Waals surface area contributed by atoms with E-state index in [4.69, 9.17) is 19.4 Å². The number of nitrogens with one attached hydrogen (secondary N) is 4. The van der Waals surface area contributed by atoms with Crippen LogP contribution in [0.4, 0.5) is 9.59 Å². The Labute approximate surface area is 391 Å². The molecule has 14 nitrogen and oxygen atoms in total. The molecule has 7 aliphatic rings. The van der Waals surface area contributed by atoms with Gasteiger partial charge in [0.05, 0.1) is 49.2 Å². The topological polar surface area (TPSA) is 175 Å². The third-order valence-corrected chi connectivity index (χ3v) is 16.5. The monoisotopic (exact) mass is 906 g/mol. The molecule has 0 radical (unpaired) electrons. The Morgan fingerprint density at radius 3 is 1.85 bits per heavy atom. The predicted octanol–water partition coefficient (Wildman–Crippen LogP) is 9.52. The molecule has 67 heavy (non-hydrogen) atoms. The highest BCUT2D eigenvalue weighted by atomic mass is 16.5. The maximum Gasteiger partial charge on any atom is 0.407 e. The van der Waals surface area contributed by atoms with Crippen LogP contribution in [0.2, 0.25) is 0 Å². The molecular formula is C53H62N8O6. The minimum Gasteiger partial charge on any atom is -0.453 e. The first-order valence-electron chi connectivity index (χ1n) is 24.7. The van der Waals surface area contributed by atoms with Gasteiger partial charge in [-0.25, -0.2) is 19.6 Å². The summed E-state index contributed by atoms with van der Waals surface area (Å²) in [5.74, 6) is 2.32. The number of benzene rings is 3. The van der Waals surface area contributed by atoms with Crippen LogP contribution in [0.25, 0.3) is 44.5 Å². The Bertz CT molecular complexity index is 2780. The maximum absolute atomic E-state index is 13.5. The molecule has 4 heterocycles. The number of methoxy groups -OCH3 is 2. The second kappa shape index (κ2) is 17.2. The fraction of sp³-hybridized carbons (Fsp3) is 0.509. The first-order valence-corrected chi connectivity index (χ1v) is 24.7. The van der Waals surface area contributed by atoms with Crippen LogP contribution in [0.3, 0.4) is 0 Å². The Morgan fingerprint density at radius 1 is 0.672 bits per heavy atom. The van der Waals surface area contributed by atoms with E-state index in [1.807, 2.05) is 16.0 Å². The van der Waals surface area contributed by atoms with Crippen molar-refractivity contribution in [3.8, 4) is 33.5 Å². The van der Waals surface area contributed by atoms with E-state index in [0.717, 1.165) is 66.9 Å². The van der Waals surface area contributed by atoms with Gasteiger partial charge < -0.3 is 39.9 Å². The standard InChI is InChI=1S/C53H62N8O6/c1-29(55-51(64)66-3)49(62)60-23-7-9-43(60)47-54-28-42(59-47)36-18-17-35(38-26-53(27-39(36)38)21-5-6-22-53)37-19-16-34(45-31-11-13-32(14-12-31)46(37)45)33-15-20-40-41(25-33)58-48(57-40)44-10-8-24-61(44)50(63)30(2)56-52(65)67-4/h15-20,25,28-32,43-44H,5-14,21-24,26-27H2,1-4H3,(H,54,59)(H,55,64)(H,56,65)(H,57,58)/t29-,30-,31?,32?,43-,44-/m0/s1. The van der Waals surface area contributed by atoms with Crippen LogP contribution < -0.4 is 10.6 Å². The van der Waals surface area contributed by atoms with Crippen molar-refractivity contribution in [3.05, 3.63) is 82.6 Å². The average Bonchev–Trinajstić information content (AvgIpc) is 4.22. The molecule has 2 saturated carbocycles. The summed E-state index contributed by atoms with van der Waals surface area (Å²) >= 11 is 0. The first kappa shape index (κ1) is 43.4. The Balaban J connectivity index is 0.929. The number of carbonyl (C=O) groups excluding carboxylic acids is 4. The van der Waals surface area contributed by atoms with Crippen molar-refractivity contribution in [2.45, 2.75) is 140 Å². The van der Waals surface area contributed by atoms with Gasteiger partial charge in [-0.2, -0.15) is 0 Å². The molecule has 14 heteroatoms. The van der Waals surface area contributed by atoms with E-state index in [1.165, 1.54) is 110 Å². The summed E-state index contributed by atoms with van der Waals surface area (Å²) in [7, 11) is 2.60. The van der Waals surface area contributed by atoms with Crippen molar-refractivity contribution in [1.82, 2.24) is 40.4 Å². The second-order valence-electron chi connectivity index (χ2n) is 20.3. The zero-order chi connectivity index (χ0) is 46.1. The SMILES string of the molecule is COC(=O)N[C@@H](C)C(=O)N1CCC[C@H]1c1ncc(-c2ccc(-c3ccc(-c4ccc5nc([C@@H]6CCCN6C(=O)[C@H](C)NC(=O)OC)[nH]c5c4)c4c3C3CCC4CC3)c3c2CC2(CCCC2)C3)[nH]1. The van der Waals surface area contributed by atoms with Crippen LogP contribution in [0.5, 0.6) is 0 Å². The van der Waals surface area contributed by atoms with Gasteiger partial charge in [0.25, 0.3) is 0 Å². The van der Waals surface area contributed by atoms with Crippen LogP contribution in [0.15, 0.2) is 48.7 Å². The van der Waals surface area contributed by atoms with Crippen molar-refractivity contribution in [1.29, 1.82) is 0 Å². The Morgan fingerprint density at radius 2 is 1.22 bits per heavy atom. The van der Waals surface area contributed by atoms with Crippen molar-refractivity contribution < 1.29 is 28.7 Å². The molecule has 1 spiro atoms. The fourth-order valence-corrected chi connectivity index (χ4v) is 13.3. The molecule has 2 saturated heterocycles. The number of amides is 4. The predicted molar refractivity (Wildman–Crippen MR) is 254 cm³/mol. The minimum atomic E-state index is -0.705. The summed E-state index contributed by atoms with van der Waals surface area (Å²) in [6.45, 7) is 4.62. The van der Waals surface area contributed by atoms with Crippen LogP contribution in [0, 0.1) is 5.41 Å². The maximum atomic E-state index is 13.5. The minimum absolute atomic E-state index is 0.137. The number of alkyl carbamates (subject to hydrolysis) is 2. The summed E-state index contributed by atoms with van der Waals surface area (Å²) in [6, 6.07) is 14.3. The van der Waals surface area contributed by atoms with Crippen LogP contribution in [-0.2, 0) is 31.9 Å². The average molecular weight is 907 g/mol. The van der Waals surface area contributed by atoms with E-state index in [-0.39, 0.29) is 29.3 Å². The molecule has 4 amide bonds. The van der Waals surface area contributed by atoms with Gasteiger partial charge in [-0.15, -0.1) is 0 Å². The molecular weight excluding hydrogens is 845 g/mol. The van der Waals surface area contributed by atoms with Gasteiger partial charge in [-0.05, 0) is 165 Å². The molecule has 2 aliphatic heterocycles. The number of aromatic nitrogens is 4. The number of H-pyrrole nitrogens is 2. The molecule has 4 atom stereocenters. The lowest BCUT2D eigenvalue weighted by molar-refractivity contribution is -0.134. The number of nitrogens with zero attached hydrogens (tertiary/aromatic N) is 4. The van der Waals surface area contributed by atoms with Gasteiger partial charge >= 0.3 is 12.2 Å². The van der Waals surface area contributed by atoms with E-state index in [1.54, 1.807) is 19.4 Å². The lowest BCUT2D eigenvalue weighted by Gasteiger charge is -2.41. The van der Waals surface area contributed by atoms with Crippen molar-refractivity contribution in [3.63, 3.8) is 0 Å². The van der Waals surface area contributed by atoms with Gasteiger partial charge in [0.2, 0.25) is 11.8 Å². The first-order chi connectivity index (χ1) is 32.5. The lowest BCUT2D eigenvalue weighted by Crippen LogP contribution is -2.46. The highest BCUT2D eigenvalue weighted by Crippen LogP contribution is 2.58. The largest absolute Gasteiger partial charge is 0.453 e. The summed E-state index contributed by atoms with van der Waals surface area (Å²) in [5, 5.41) is 5.27. The van der Waals surface area contributed by atoms with Gasteiger partial charge in [0.1, 0.15) is 23.7 Å². The number of hydrogen-bond acceptors (Lipinski definition) is 8. The van der Waals surface area contributed by atoms with Crippen molar-refractivity contribution in [2.75, 3.05) is 27.3 Å². The molecule has 350 valence electrons. The van der Waals surface area contributed by atoms with E-state index < -0.39 is 24.3 Å². The summed E-state index contributed by atoms with van der Waals surface area (Å²) in [4.78, 5) is 71.8. The van der Waals surface area contributed by atoms with Gasteiger partial charge in [0, 0.05) is 18.7 Å². The third kappa shape index (κ3) is 7.54. The van der Waals surface area contributed by atoms with Crippen molar-refractivity contribution >= 4 is 35.0 Å². The number of imidazole rings is 2. The van der Waals surface area contributed by atoms with Gasteiger partial charge in [0.15, 0.2) is 0 Å². The molecule has 4 fully saturated rings. The molecule has 2 aromatic heterocycles. The highest BCUT2D eigenvalue weighted by molar-refractivity contribution is 5.89. The summed E-state index contributed by atoms with van der Waals surface area (Å²) in [5.41, 5.74) is 15.6. The molecule has 5 aliphatic carbocycles.